The maximum absolute atomic E-state index is 11.2. The summed E-state index contributed by atoms with van der Waals surface area (Å²) in [6, 6.07) is 0. The molecule has 15 heavy (non-hydrogen) atoms. The fourth-order valence-electron chi connectivity index (χ4n) is 1.61. The first-order chi connectivity index (χ1) is 6.93. The molecule has 0 heterocycles. The van der Waals surface area contributed by atoms with Gasteiger partial charge in [-0.1, -0.05) is 0 Å². The van der Waals surface area contributed by atoms with E-state index in [1.807, 2.05) is 0 Å². The van der Waals surface area contributed by atoms with Crippen LogP contribution in [0.2, 0.25) is 0 Å². The second-order valence-electron chi connectivity index (χ2n) is 3.61. The van der Waals surface area contributed by atoms with Gasteiger partial charge in [-0.2, -0.15) is 8.42 Å². The summed E-state index contributed by atoms with van der Waals surface area (Å²) in [5, 5.41) is 0. The predicted octanol–water partition coefficient (Wildman–Crippen LogP) is 0.837. The van der Waals surface area contributed by atoms with E-state index in [0.717, 1.165) is 0 Å². The van der Waals surface area contributed by atoms with Crippen LogP contribution in [-0.4, -0.2) is 32.3 Å². The van der Waals surface area contributed by atoms with Gasteiger partial charge in [0.2, 0.25) is 0 Å². The van der Waals surface area contributed by atoms with E-state index in [1.165, 1.54) is 13.8 Å². The monoisotopic (exact) mass is 236 g/mol. The van der Waals surface area contributed by atoms with Crippen molar-refractivity contribution in [1.29, 1.82) is 0 Å². The van der Waals surface area contributed by atoms with Gasteiger partial charge in [0.25, 0.3) is 10.1 Å². The van der Waals surface area contributed by atoms with Gasteiger partial charge in [-0.15, -0.1) is 0 Å². The maximum Gasteiger partial charge on any atom is 0.302 e. The number of rotatable bonds is 4. The van der Waals surface area contributed by atoms with E-state index in [-0.39, 0.29) is 23.9 Å². The van der Waals surface area contributed by atoms with Crippen LogP contribution in [0.4, 0.5) is 0 Å². The minimum absolute atomic E-state index is 0.0261. The third-order valence-corrected chi connectivity index (χ3v) is 3.58. The molecule has 1 aliphatic rings. The second-order valence-corrected chi connectivity index (χ2v) is 5.49. The lowest BCUT2D eigenvalue weighted by atomic mass is 10.3. The standard InChI is InChI=1S/C9H16O5S/c1-3-15(11,12)14-9-5-4-8(6-9)13-7(2)10/h8-9H,3-6H2,1-2H3/t8-,9+/m1/s1. The highest BCUT2D eigenvalue weighted by molar-refractivity contribution is 7.86. The van der Waals surface area contributed by atoms with Crippen LogP contribution in [0, 0.1) is 0 Å². The van der Waals surface area contributed by atoms with Crippen molar-refractivity contribution >= 4 is 16.1 Å². The lowest BCUT2D eigenvalue weighted by molar-refractivity contribution is -0.146. The van der Waals surface area contributed by atoms with E-state index in [9.17, 15) is 13.2 Å². The summed E-state index contributed by atoms with van der Waals surface area (Å²) < 4.78 is 32.2. The molecule has 1 aliphatic carbocycles. The summed E-state index contributed by atoms with van der Waals surface area (Å²) in [7, 11) is -3.40. The molecule has 0 aromatic heterocycles. The Morgan fingerprint density at radius 1 is 1.33 bits per heavy atom. The van der Waals surface area contributed by atoms with Crippen LogP contribution in [0.3, 0.4) is 0 Å². The molecule has 1 rings (SSSR count). The zero-order valence-corrected chi connectivity index (χ0v) is 9.75. The Balaban J connectivity index is 2.40. The zero-order chi connectivity index (χ0) is 11.5. The molecule has 6 heteroatoms. The number of carbonyl (C=O) groups is 1. The SMILES string of the molecule is CCS(=O)(=O)O[C@H]1CC[C@@H](OC(C)=O)C1. The lowest BCUT2D eigenvalue weighted by Gasteiger charge is -2.11. The molecule has 0 aromatic carbocycles. The molecule has 0 N–H and O–H groups in total. The molecule has 1 saturated carbocycles. The zero-order valence-electron chi connectivity index (χ0n) is 8.93. The summed E-state index contributed by atoms with van der Waals surface area (Å²) >= 11 is 0. The van der Waals surface area contributed by atoms with E-state index in [2.05, 4.69) is 0 Å². The summed E-state index contributed by atoms with van der Waals surface area (Å²) in [5.74, 6) is -0.360. The van der Waals surface area contributed by atoms with Crippen LogP contribution in [0.25, 0.3) is 0 Å². The van der Waals surface area contributed by atoms with Crippen molar-refractivity contribution in [2.24, 2.45) is 0 Å². The van der Waals surface area contributed by atoms with Gasteiger partial charge in [-0.25, -0.2) is 0 Å². The molecule has 0 amide bonds. The normalized spacial score (nSPS) is 26.5. The molecular formula is C9H16O5S. The number of ether oxygens (including phenoxy) is 1. The summed E-state index contributed by atoms with van der Waals surface area (Å²) in [6.45, 7) is 2.88. The van der Waals surface area contributed by atoms with Crippen molar-refractivity contribution in [2.75, 3.05) is 5.75 Å². The van der Waals surface area contributed by atoms with Crippen LogP contribution in [-0.2, 0) is 23.8 Å². The highest BCUT2D eigenvalue weighted by Crippen LogP contribution is 2.26. The topological polar surface area (TPSA) is 69.7 Å². The minimum Gasteiger partial charge on any atom is -0.462 e. The van der Waals surface area contributed by atoms with E-state index in [1.54, 1.807) is 0 Å². The van der Waals surface area contributed by atoms with Crippen molar-refractivity contribution in [3.8, 4) is 0 Å². The Hall–Kier alpha value is -0.620. The quantitative estimate of drug-likeness (QED) is 0.534. The van der Waals surface area contributed by atoms with E-state index < -0.39 is 10.1 Å². The van der Waals surface area contributed by atoms with Crippen molar-refractivity contribution in [3.05, 3.63) is 0 Å². The van der Waals surface area contributed by atoms with Gasteiger partial charge in [-0.3, -0.25) is 8.98 Å². The fourth-order valence-corrected chi connectivity index (χ4v) is 2.33. The Morgan fingerprint density at radius 3 is 2.47 bits per heavy atom. The van der Waals surface area contributed by atoms with E-state index in [4.69, 9.17) is 8.92 Å². The Bertz CT molecular complexity index is 321. The molecule has 5 nitrogen and oxygen atoms in total. The molecule has 2 atom stereocenters. The maximum atomic E-state index is 11.2. The number of hydrogen-bond acceptors (Lipinski definition) is 5. The average Bonchev–Trinajstić information content (AvgIpc) is 2.50. The van der Waals surface area contributed by atoms with Crippen molar-refractivity contribution in [2.45, 2.75) is 45.3 Å². The summed E-state index contributed by atoms with van der Waals surface area (Å²) in [6.07, 6.45) is 1.23. The van der Waals surface area contributed by atoms with Gasteiger partial charge in [0, 0.05) is 13.3 Å². The molecule has 0 saturated heterocycles. The van der Waals surface area contributed by atoms with E-state index in [0.29, 0.717) is 19.3 Å². The highest BCUT2D eigenvalue weighted by atomic mass is 32.2. The lowest BCUT2D eigenvalue weighted by Crippen LogP contribution is -2.19. The average molecular weight is 236 g/mol. The smallest absolute Gasteiger partial charge is 0.302 e. The molecule has 0 aliphatic heterocycles. The first-order valence-corrected chi connectivity index (χ1v) is 6.59. The molecule has 0 unspecified atom stereocenters. The minimum atomic E-state index is -3.40. The van der Waals surface area contributed by atoms with Gasteiger partial charge >= 0.3 is 5.97 Å². The Morgan fingerprint density at radius 2 is 1.93 bits per heavy atom. The van der Waals surface area contributed by atoms with Gasteiger partial charge < -0.3 is 4.74 Å². The van der Waals surface area contributed by atoms with Gasteiger partial charge in [0.05, 0.1) is 11.9 Å². The van der Waals surface area contributed by atoms with Gasteiger partial charge in [-0.05, 0) is 19.8 Å². The molecule has 0 aromatic rings. The van der Waals surface area contributed by atoms with E-state index >= 15 is 0 Å². The van der Waals surface area contributed by atoms with Gasteiger partial charge in [0.1, 0.15) is 6.10 Å². The number of carbonyl (C=O) groups excluding carboxylic acids is 1. The van der Waals surface area contributed by atoms with Gasteiger partial charge in [0.15, 0.2) is 0 Å². The molecule has 0 bridgehead atoms. The Labute approximate surface area is 89.9 Å². The Kier molecular flexibility index (Phi) is 4.10. The summed E-state index contributed by atoms with van der Waals surface area (Å²) in [5.41, 5.74) is 0. The van der Waals surface area contributed by atoms with Crippen LogP contribution >= 0.6 is 0 Å². The van der Waals surface area contributed by atoms with Crippen LogP contribution in [0.1, 0.15) is 33.1 Å². The second kappa shape index (κ2) is 4.94. The van der Waals surface area contributed by atoms with Crippen molar-refractivity contribution < 1.29 is 22.1 Å². The largest absolute Gasteiger partial charge is 0.462 e. The fraction of sp³-hybridized carbons (Fsp3) is 0.889. The van der Waals surface area contributed by atoms with Crippen LogP contribution in [0.5, 0.6) is 0 Å². The predicted molar refractivity (Wildman–Crippen MR) is 53.7 cm³/mol. The van der Waals surface area contributed by atoms with Crippen molar-refractivity contribution in [1.82, 2.24) is 0 Å². The number of hydrogen-bond donors (Lipinski definition) is 0. The molecule has 0 radical (unpaired) electrons. The highest BCUT2D eigenvalue weighted by Gasteiger charge is 2.30. The molecule has 0 spiro atoms. The van der Waals surface area contributed by atoms with Crippen molar-refractivity contribution in [3.63, 3.8) is 0 Å². The molecule has 88 valence electrons. The van der Waals surface area contributed by atoms with Crippen LogP contribution in [0.15, 0.2) is 0 Å². The first kappa shape index (κ1) is 12.4. The first-order valence-electron chi connectivity index (χ1n) is 5.01. The third-order valence-electron chi connectivity index (χ3n) is 2.31. The molecule has 1 fully saturated rings. The van der Waals surface area contributed by atoms with Crippen LogP contribution < -0.4 is 0 Å². The summed E-state index contributed by atoms with van der Waals surface area (Å²) in [4.78, 5) is 10.7. The third kappa shape index (κ3) is 4.17. The number of esters is 1. The molecular weight excluding hydrogens is 220 g/mol.